The fourth-order valence-electron chi connectivity index (χ4n) is 3.12. The highest BCUT2D eigenvalue weighted by Crippen LogP contribution is 2.46. The minimum absolute atomic E-state index is 0.132. The molecule has 2 aromatic rings. The van der Waals surface area contributed by atoms with Crippen molar-refractivity contribution in [1.29, 1.82) is 0 Å². The van der Waals surface area contributed by atoms with Gasteiger partial charge >= 0.3 is 0 Å². The van der Waals surface area contributed by atoms with Crippen molar-refractivity contribution in [2.75, 3.05) is 7.05 Å². The van der Waals surface area contributed by atoms with Crippen LogP contribution in [0.5, 0.6) is 0 Å². The SMILES string of the molecule is C[C@@H](Sc1nnc(C2CC2)n1C1CC1)C(=O)N(C)Cc1ccccc1. The molecular weight excluding hydrogens is 332 g/mol. The quantitative estimate of drug-likeness (QED) is 0.711. The first-order chi connectivity index (χ1) is 12.1. The zero-order valence-corrected chi connectivity index (χ0v) is 15.6. The van der Waals surface area contributed by atoms with Crippen molar-refractivity contribution in [3.8, 4) is 0 Å². The fourth-order valence-corrected chi connectivity index (χ4v) is 4.16. The molecule has 0 bridgehead atoms. The highest BCUT2D eigenvalue weighted by molar-refractivity contribution is 8.00. The number of rotatable bonds is 7. The molecule has 1 aromatic carbocycles. The molecule has 0 radical (unpaired) electrons. The number of benzene rings is 1. The Labute approximate surface area is 152 Å². The molecule has 0 N–H and O–H groups in total. The van der Waals surface area contributed by atoms with E-state index in [4.69, 9.17) is 0 Å². The molecule has 2 aliphatic carbocycles. The summed E-state index contributed by atoms with van der Waals surface area (Å²) in [4.78, 5) is 14.5. The Hall–Kier alpha value is -1.82. The Morgan fingerprint density at radius 3 is 2.60 bits per heavy atom. The van der Waals surface area contributed by atoms with Crippen molar-refractivity contribution in [3.05, 3.63) is 41.7 Å². The van der Waals surface area contributed by atoms with Crippen molar-refractivity contribution in [2.24, 2.45) is 0 Å². The van der Waals surface area contributed by atoms with Crippen LogP contribution in [0, 0.1) is 0 Å². The van der Waals surface area contributed by atoms with Gasteiger partial charge in [0.15, 0.2) is 5.16 Å². The van der Waals surface area contributed by atoms with Gasteiger partial charge in [0.1, 0.15) is 5.82 Å². The molecular formula is C19H24N4OS. The number of hydrogen-bond acceptors (Lipinski definition) is 4. The molecule has 0 aliphatic heterocycles. The van der Waals surface area contributed by atoms with Crippen molar-refractivity contribution >= 4 is 17.7 Å². The van der Waals surface area contributed by atoms with Crippen LogP contribution in [0.15, 0.2) is 35.5 Å². The van der Waals surface area contributed by atoms with E-state index in [1.165, 1.54) is 25.7 Å². The molecule has 25 heavy (non-hydrogen) atoms. The number of carbonyl (C=O) groups is 1. The van der Waals surface area contributed by atoms with E-state index in [1.807, 2.05) is 44.3 Å². The van der Waals surface area contributed by atoms with Gasteiger partial charge in [-0.1, -0.05) is 42.1 Å². The van der Waals surface area contributed by atoms with Gasteiger partial charge in [-0.05, 0) is 38.2 Å². The maximum atomic E-state index is 12.7. The van der Waals surface area contributed by atoms with Gasteiger partial charge in [-0.25, -0.2) is 0 Å². The van der Waals surface area contributed by atoms with Crippen LogP contribution in [0.2, 0.25) is 0 Å². The third kappa shape index (κ3) is 3.73. The summed E-state index contributed by atoms with van der Waals surface area (Å²) in [7, 11) is 1.87. The zero-order chi connectivity index (χ0) is 17.4. The number of carbonyl (C=O) groups excluding carboxylic acids is 1. The smallest absolute Gasteiger partial charge is 0.235 e. The van der Waals surface area contributed by atoms with E-state index in [1.54, 1.807) is 16.7 Å². The predicted molar refractivity (Wildman–Crippen MR) is 98.5 cm³/mol. The summed E-state index contributed by atoms with van der Waals surface area (Å²) in [6, 6.07) is 10.6. The van der Waals surface area contributed by atoms with E-state index >= 15 is 0 Å². The maximum absolute atomic E-state index is 12.7. The lowest BCUT2D eigenvalue weighted by molar-refractivity contribution is -0.129. The molecule has 0 unspecified atom stereocenters. The summed E-state index contributed by atoms with van der Waals surface area (Å²) in [5.74, 6) is 1.86. The molecule has 6 heteroatoms. The van der Waals surface area contributed by atoms with Crippen LogP contribution in [-0.4, -0.2) is 37.9 Å². The first kappa shape index (κ1) is 16.6. The Kier molecular flexibility index (Phi) is 4.54. The lowest BCUT2D eigenvalue weighted by atomic mass is 10.2. The van der Waals surface area contributed by atoms with Crippen LogP contribution in [0.4, 0.5) is 0 Å². The molecule has 1 amide bonds. The van der Waals surface area contributed by atoms with Crippen LogP contribution >= 0.6 is 11.8 Å². The van der Waals surface area contributed by atoms with Crippen LogP contribution in [0.25, 0.3) is 0 Å². The summed E-state index contributed by atoms with van der Waals surface area (Å²) in [5, 5.41) is 9.59. The second-order valence-corrected chi connectivity index (χ2v) is 8.46. The molecule has 2 aliphatic rings. The monoisotopic (exact) mass is 356 g/mol. The second kappa shape index (κ2) is 6.83. The minimum atomic E-state index is -0.164. The predicted octanol–water partition coefficient (Wildman–Crippen LogP) is 3.63. The molecule has 2 fully saturated rings. The molecule has 0 spiro atoms. The molecule has 1 aromatic heterocycles. The zero-order valence-electron chi connectivity index (χ0n) is 14.8. The minimum Gasteiger partial charge on any atom is -0.340 e. The van der Waals surface area contributed by atoms with E-state index < -0.39 is 0 Å². The molecule has 132 valence electrons. The highest BCUT2D eigenvalue weighted by Gasteiger charge is 2.37. The molecule has 4 rings (SSSR count). The van der Waals surface area contributed by atoms with Crippen molar-refractivity contribution in [1.82, 2.24) is 19.7 Å². The first-order valence-corrected chi connectivity index (χ1v) is 9.92. The number of thioether (sulfide) groups is 1. The average Bonchev–Trinajstić information content (AvgIpc) is 3.54. The van der Waals surface area contributed by atoms with Crippen LogP contribution < -0.4 is 0 Å². The maximum Gasteiger partial charge on any atom is 0.235 e. The summed E-state index contributed by atoms with van der Waals surface area (Å²) >= 11 is 1.55. The summed E-state index contributed by atoms with van der Waals surface area (Å²) in [6.07, 6.45) is 4.87. The van der Waals surface area contributed by atoms with Gasteiger partial charge in [0.2, 0.25) is 5.91 Å². The molecule has 5 nitrogen and oxygen atoms in total. The van der Waals surface area contributed by atoms with E-state index in [0.29, 0.717) is 18.5 Å². The fraction of sp³-hybridized carbons (Fsp3) is 0.526. The van der Waals surface area contributed by atoms with E-state index in [0.717, 1.165) is 16.5 Å². The lowest BCUT2D eigenvalue weighted by Gasteiger charge is -2.21. The number of aromatic nitrogens is 3. The Bertz CT molecular complexity index is 752. The first-order valence-electron chi connectivity index (χ1n) is 9.04. The Morgan fingerprint density at radius 2 is 1.96 bits per heavy atom. The average molecular weight is 356 g/mol. The van der Waals surface area contributed by atoms with Gasteiger partial charge in [0.05, 0.1) is 5.25 Å². The Balaban J connectivity index is 1.43. The van der Waals surface area contributed by atoms with Crippen molar-refractivity contribution in [2.45, 2.75) is 61.5 Å². The molecule has 0 saturated heterocycles. The van der Waals surface area contributed by atoms with Crippen molar-refractivity contribution < 1.29 is 4.79 Å². The standard InChI is InChI=1S/C19H24N4OS/c1-13(18(24)22(2)12-14-6-4-3-5-7-14)25-19-21-20-17(15-8-9-15)23(19)16-10-11-16/h3-7,13,15-16H,8-12H2,1-2H3/t13-/m1/s1. The van der Waals surface area contributed by atoms with Gasteiger partial charge in [0, 0.05) is 25.6 Å². The van der Waals surface area contributed by atoms with Crippen molar-refractivity contribution in [3.63, 3.8) is 0 Å². The molecule has 2 saturated carbocycles. The third-order valence-electron chi connectivity index (χ3n) is 4.81. The van der Waals surface area contributed by atoms with Gasteiger partial charge in [-0.3, -0.25) is 4.79 Å². The summed E-state index contributed by atoms with van der Waals surface area (Å²) < 4.78 is 2.31. The van der Waals surface area contributed by atoms with Gasteiger partial charge in [-0.15, -0.1) is 10.2 Å². The topological polar surface area (TPSA) is 51.0 Å². The van der Waals surface area contributed by atoms with Gasteiger partial charge in [0.25, 0.3) is 0 Å². The van der Waals surface area contributed by atoms with E-state index in [9.17, 15) is 4.79 Å². The summed E-state index contributed by atoms with van der Waals surface area (Å²) in [6.45, 7) is 2.60. The highest BCUT2D eigenvalue weighted by atomic mass is 32.2. The van der Waals surface area contributed by atoms with Gasteiger partial charge in [-0.2, -0.15) is 0 Å². The van der Waals surface area contributed by atoms with E-state index in [2.05, 4.69) is 14.8 Å². The number of nitrogens with zero attached hydrogens (tertiary/aromatic N) is 4. The Morgan fingerprint density at radius 1 is 1.24 bits per heavy atom. The molecule has 1 atom stereocenters. The summed E-state index contributed by atoms with van der Waals surface area (Å²) in [5.41, 5.74) is 1.15. The van der Waals surface area contributed by atoms with Crippen LogP contribution in [-0.2, 0) is 11.3 Å². The van der Waals surface area contributed by atoms with Crippen LogP contribution in [0.1, 0.15) is 56.0 Å². The lowest BCUT2D eigenvalue weighted by Crippen LogP contribution is -2.33. The third-order valence-corrected chi connectivity index (χ3v) is 5.86. The van der Waals surface area contributed by atoms with Crippen LogP contribution in [0.3, 0.4) is 0 Å². The largest absolute Gasteiger partial charge is 0.340 e. The van der Waals surface area contributed by atoms with E-state index in [-0.39, 0.29) is 11.2 Å². The number of hydrogen-bond donors (Lipinski definition) is 0. The van der Waals surface area contributed by atoms with Gasteiger partial charge < -0.3 is 9.47 Å². The molecule has 1 heterocycles. The normalized spacial score (nSPS) is 18.2. The number of amides is 1. The second-order valence-electron chi connectivity index (χ2n) is 7.16.